The van der Waals surface area contributed by atoms with Crippen molar-refractivity contribution < 1.29 is 12.8 Å². The van der Waals surface area contributed by atoms with E-state index in [9.17, 15) is 8.42 Å². The minimum Gasteiger partial charge on any atom is -0.468 e. The summed E-state index contributed by atoms with van der Waals surface area (Å²) in [7, 11) is -0.339. The monoisotopic (exact) mass is 547 g/mol. The van der Waals surface area contributed by atoms with Gasteiger partial charge in [-0.25, -0.2) is 13.1 Å². The van der Waals surface area contributed by atoms with Gasteiger partial charge in [-0.1, -0.05) is 12.1 Å². The molecule has 10 heteroatoms. The van der Waals surface area contributed by atoms with Gasteiger partial charge in [0, 0.05) is 20.1 Å². The number of nitrogens with zero attached hydrogens (tertiary/aromatic N) is 2. The fourth-order valence-electron chi connectivity index (χ4n) is 3.48. The lowest BCUT2D eigenvalue weighted by Crippen LogP contribution is -2.42. The van der Waals surface area contributed by atoms with Crippen LogP contribution in [0, 0.1) is 0 Å². The lowest BCUT2D eigenvalue weighted by molar-refractivity contribution is 0.215. The van der Waals surface area contributed by atoms with Crippen molar-refractivity contribution >= 4 is 40.0 Å². The molecule has 8 nitrogen and oxygen atoms in total. The first-order valence-electron chi connectivity index (χ1n) is 9.78. The normalized spacial score (nSPS) is 16.1. The van der Waals surface area contributed by atoms with Crippen molar-refractivity contribution in [1.82, 2.24) is 20.3 Å². The minimum absolute atomic E-state index is 0. The summed E-state index contributed by atoms with van der Waals surface area (Å²) in [5, 5.41) is 6.62. The largest absolute Gasteiger partial charge is 0.468 e. The average Bonchev–Trinajstić information content (AvgIpc) is 3.45. The van der Waals surface area contributed by atoms with Gasteiger partial charge in [0.15, 0.2) is 5.96 Å². The smallest absolute Gasteiger partial charge is 0.240 e. The van der Waals surface area contributed by atoms with E-state index < -0.39 is 10.0 Å². The van der Waals surface area contributed by atoms with Gasteiger partial charge in [-0.3, -0.25) is 9.89 Å². The van der Waals surface area contributed by atoms with Crippen LogP contribution in [0.1, 0.15) is 30.2 Å². The third kappa shape index (κ3) is 6.43. The summed E-state index contributed by atoms with van der Waals surface area (Å²) in [5.41, 5.74) is 0.853. The summed E-state index contributed by atoms with van der Waals surface area (Å²) >= 11 is 0. The summed E-state index contributed by atoms with van der Waals surface area (Å²) in [6.45, 7) is 3.25. The molecule has 1 fully saturated rings. The Morgan fingerprint density at radius 3 is 2.60 bits per heavy atom. The number of hydrogen-bond acceptors (Lipinski definition) is 5. The Hall–Kier alpha value is -1.63. The van der Waals surface area contributed by atoms with Crippen LogP contribution < -0.4 is 15.4 Å². The molecule has 1 aromatic heterocycles. The van der Waals surface area contributed by atoms with E-state index in [0.29, 0.717) is 19.0 Å². The first kappa shape index (κ1) is 24.6. The SMILES string of the molecule is CN=C(NCc1cccc(S(=O)(=O)NC)c1)NCC(c1ccco1)N1CCCC1.I. The lowest BCUT2D eigenvalue weighted by Gasteiger charge is -2.26. The Bertz CT molecular complexity index is 912. The van der Waals surface area contributed by atoms with Crippen LogP contribution in [0.3, 0.4) is 0 Å². The van der Waals surface area contributed by atoms with Gasteiger partial charge in [-0.2, -0.15) is 0 Å². The average molecular weight is 547 g/mol. The van der Waals surface area contributed by atoms with Crippen molar-refractivity contribution in [2.75, 3.05) is 33.7 Å². The number of guanidine groups is 1. The molecule has 1 aliphatic rings. The first-order chi connectivity index (χ1) is 14.0. The molecule has 0 bridgehead atoms. The van der Waals surface area contributed by atoms with Crippen molar-refractivity contribution in [1.29, 1.82) is 0 Å². The number of benzene rings is 1. The molecule has 0 amide bonds. The zero-order valence-corrected chi connectivity index (χ0v) is 20.4. The molecule has 1 aromatic carbocycles. The molecular formula is C20H30IN5O3S. The van der Waals surface area contributed by atoms with Crippen LogP contribution in [0.5, 0.6) is 0 Å². The van der Waals surface area contributed by atoms with Crippen molar-refractivity contribution in [2.24, 2.45) is 4.99 Å². The van der Waals surface area contributed by atoms with Gasteiger partial charge in [-0.15, -0.1) is 24.0 Å². The second-order valence-electron chi connectivity index (χ2n) is 6.94. The van der Waals surface area contributed by atoms with Crippen LogP contribution in [-0.2, 0) is 16.6 Å². The van der Waals surface area contributed by atoms with Gasteiger partial charge >= 0.3 is 0 Å². The maximum absolute atomic E-state index is 12.0. The van der Waals surface area contributed by atoms with Crippen LogP contribution >= 0.6 is 24.0 Å². The Kier molecular flexibility index (Phi) is 9.59. The second kappa shape index (κ2) is 11.7. The summed E-state index contributed by atoms with van der Waals surface area (Å²) in [5.74, 6) is 1.60. The van der Waals surface area contributed by atoms with Gasteiger partial charge in [0.25, 0.3) is 0 Å². The van der Waals surface area contributed by atoms with Crippen molar-refractivity contribution in [3.63, 3.8) is 0 Å². The number of likely N-dealkylation sites (tertiary alicyclic amines) is 1. The predicted octanol–water partition coefficient (Wildman–Crippen LogP) is 2.31. The van der Waals surface area contributed by atoms with Gasteiger partial charge in [-0.05, 0) is 62.8 Å². The highest BCUT2D eigenvalue weighted by Gasteiger charge is 2.25. The fraction of sp³-hybridized carbons (Fsp3) is 0.450. The van der Waals surface area contributed by atoms with Gasteiger partial charge in [0.1, 0.15) is 5.76 Å². The fourth-order valence-corrected chi connectivity index (χ4v) is 4.28. The number of sulfonamides is 1. The number of rotatable bonds is 8. The molecule has 2 aromatic rings. The topological polar surface area (TPSA) is 99.0 Å². The van der Waals surface area contributed by atoms with Crippen LogP contribution in [0.25, 0.3) is 0 Å². The Labute approximate surface area is 195 Å². The molecule has 0 saturated carbocycles. The zero-order valence-electron chi connectivity index (χ0n) is 17.3. The van der Waals surface area contributed by atoms with Crippen LogP contribution in [0.2, 0.25) is 0 Å². The Morgan fingerprint density at radius 2 is 1.97 bits per heavy atom. The highest BCUT2D eigenvalue weighted by molar-refractivity contribution is 14.0. The van der Waals surface area contributed by atoms with E-state index in [2.05, 4.69) is 25.2 Å². The number of hydrogen-bond donors (Lipinski definition) is 3. The number of nitrogens with one attached hydrogen (secondary N) is 3. The summed E-state index contributed by atoms with van der Waals surface area (Å²) in [6.07, 6.45) is 4.11. The molecular weight excluding hydrogens is 517 g/mol. The van der Waals surface area contributed by atoms with Crippen LogP contribution in [0.15, 0.2) is 57.0 Å². The van der Waals surface area contributed by atoms with E-state index in [1.807, 2.05) is 18.2 Å². The molecule has 0 spiro atoms. The highest BCUT2D eigenvalue weighted by atomic mass is 127. The van der Waals surface area contributed by atoms with E-state index in [1.165, 1.54) is 19.9 Å². The van der Waals surface area contributed by atoms with Gasteiger partial charge in [0.05, 0.1) is 17.2 Å². The molecule has 3 N–H and O–H groups in total. The Balaban J connectivity index is 0.00000320. The molecule has 1 aliphatic heterocycles. The molecule has 0 aliphatic carbocycles. The van der Waals surface area contributed by atoms with Crippen molar-refractivity contribution in [3.05, 3.63) is 54.0 Å². The third-order valence-corrected chi connectivity index (χ3v) is 6.49. The van der Waals surface area contributed by atoms with E-state index in [4.69, 9.17) is 4.42 Å². The van der Waals surface area contributed by atoms with E-state index in [0.717, 1.165) is 24.4 Å². The molecule has 1 atom stereocenters. The quantitative estimate of drug-likeness (QED) is 0.267. The maximum Gasteiger partial charge on any atom is 0.240 e. The lowest BCUT2D eigenvalue weighted by atomic mass is 10.2. The van der Waals surface area contributed by atoms with Gasteiger partial charge < -0.3 is 15.1 Å². The van der Waals surface area contributed by atoms with E-state index in [-0.39, 0.29) is 34.9 Å². The number of halogens is 1. The van der Waals surface area contributed by atoms with Crippen LogP contribution in [-0.4, -0.2) is 53.0 Å². The summed E-state index contributed by atoms with van der Waals surface area (Å²) in [6, 6.07) is 10.9. The zero-order chi connectivity index (χ0) is 20.7. The Morgan fingerprint density at radius 1 is 1.20 bits per heavy atom. The van der Waals surface area contributed by atoms with Crippen LogP contribution in [0.4, 0.5) is 0 Å². The molecule has 1 unspecified atom stereocenters. The third-order valence-electron chi connectivity index (χ3n) is 5.08. The summed E-state index contributed by atoms with van der Waals surface area (Å²) < 4.78 is 32.0. The maximum atomic E-state index is 12.0. The predicted molar refractivity (Wildman–Crippen MR) is 129 cm³/mol. The first-order valence-corrected chi connectivity index (χ1v) is 11.3. The second-order valence-corrected chi connectivity index (χ2v) is 8.82. The van der Waals surface area contributed by atoms with E-state index in [1.54, 1.807) is 31.5 Å². The molecule has 0 radical (unpaired) electrons. The van der Waals surface area contributed by atoms with Crippen molar-refractivity contribution in [3.8, 4) is 0 Å². The standard InChI is InChI=1S/C20H29N5O3S.HI/c1-21-20(23-14-16-7-5-8-17(13-16)29(26,27)22-2)24-15-18(19-9-6-12-28-19)25-10-3-4-11-25;/h5-9,12-13,18,22H,3-4,10-11,14-15H2,1-2H3,(H2,21,23,24);1H. The van der Waals surface area contributed by atoms with Gasteiger partial charge in [0.2, 0.25) is 10.0 Å². The molecule has 166 valence electrons. The highest BCUT2D eigenvalue weighted by Crippen LogP contribution is 2.24. The molecule has 30 heavy (non-hydrogen) atoms. The number of furan rings is 1. The molecule has 1 saturated heterocycles. The summed E-state index contributed by atoms with van der Waals surface area (Å²) in [4.78, 5) is 6.95. The van der Waals surface area contributed by atoms with E-state index >= 15 is 0 Å². The molecule has 3 rings (SSSR count). The van der Waals surface area contributed by atoms with Crippen molar-refractivity contribution in [2.45, 2.75) is 30.3 Å². The minimum atomic E-state index is -3.46. The molecule has 2 heterocycles. The number of aliphatic imine (C=N–C) groups is 1.